The Morgan fingerprint density at radius 2 is 0.556 bits per heavy atom. The SMILES string of the molecule is Cl.O.O.O.O.O.O.[Ca+2].[H-].[H-].[H-].[H-].[Mg+2]. The minimum Gasteiger partial charge on any atom is -1.00 e. The van der Waals surface area contributed by atoms with E-state index in [0.717, 1.165) is 0 Å². The van der Waals surface area contributed by atoms with Crippen molar-refractivity contribution in [2.75, 3.05) is 0 Å². The molecule has 0 bridgehead atoms. The Morgan fingerprint density at radius 1 is 0.556 bits per heavy atom. The van der Waals surface area contributed by atoms with Gasteiger partial charge in [-0.05, 0) is 0 Å². The van der Waals surface area contributed by atoms with E-state index in [1.54, 1.807) is 0 Å². The molecule has 0 atom stereocenters. The molecule has 0 aliphatic carbocycles. The van der Waals surface area contributed by atoms with E-state index >= 15 is 0 Å². The van der Waals surface area contributed by atoms with Crippen LogP contribution >= 0.6 is 12.4 Å². The fourth-order valence-corrected chi connectivity index (χ4v) is 0. The molecule has 0 saturated heterocycles. The molecule has 0 spiro atoms. The Morgan fingerprint density at radius 3 is 0.556 bits per heavy atom. The van der Waals surface area contributed by atoms with Crippen LogP contribution in [0.4, 0.5) is 0 Å². The van der Waals surface area contributed by atoms with Crippen molar-refractivity contribution < 1.29 is 38.6 Å². The average molecular weight is 213 g/mol. The second-order valence-corrected chi connectivity index (χ2v) is 0. The minimum atomic E-state index is 0. The molecule has 0 aromatic rings. The zero-order valence-corrected chi connectivity index (χ0v) is 9.26. The third-order valence-electron chi connectivity index (χ3n) is 0. The summed E-state index contributed by atoms with van der Waals surface area (Å²) < 4.78 is 0. The second kappa shape index (κ2) is 193. The van der Waals surface area contributed by atoms with Crippen molar-refractivity contribution in [3.05, 3.63) is 0 Å². The molecular formula is H17CaClMgO6. The molecule has 0 aliphatic heterocycles. The number of hydrogen-bond donors (Lipinski definition) is 0. The Labute approximate surface area is 111 Å². The molecule has 0 rings (SSSR count). The monoisotopic (exact) mass is 212 g/mol. The van der Waals surface area contributed by atoms with Crippen molar-refractivity contribution >= 4 is 73.2 Å². The summed E-state index contributed by atoms with van der Waals surface area (Å²) in [5.41, 5.74) is 0. The smallest absolute Gasteiger partial charge is 1.00 e. The van der Waals surface area contributed by atoms with Crippen LogP contribution in [0, 0.1) is 0 Å². The van der Waals surface area contributed by atoms with E-state index in [0.29, 0.717) is 0 Å². The van der Waals surface area contributed by atoms with E-state index < -0.39 is 0 Å². The largest absolute Gasteiger partial charge is 2.00 e. The first-order valence-corrected chi connectivity index (χ1v) is 0. The van der Waals surface area contributed by atoms with Gasteiger partial charge in [0.25, 0.3) is 0 Å². The van der Waals surface area contributed by atoms with Crippen LogP contribution in [0.15, 0.2) is 0 Å². The minimum absolute atomic E-state index is 0. The maximum Gasteiger partial charge on any atom is 2.00 e. The standard InChI is InChI=1S/Ca.ClH.Mg.6H2O.4H/h;1H;;6*1H2;;;;/q+2;;+2;;;;;;;4*-1. The molecule has 9 heteroatoms. The first-order chi connectivity index (χ1) is 0. The molecule has 0 aliphatic rings. The van der Waals surface area contributed by atoms with Crippen LogP contribution in [0.1, 0.15) is 5.71 Å². The predicted molar refractivity (Wildman–Crippen MR) is 44.9 cm³/mol. The molecule has 0 aromatic carbocycles. The zero-order chi connectivity index (χ0) is 0. The van der Waals surface area contributed by atoms with Crippen LogP contribution < -0.4 is 0 Å². The van der Waals surface area contributed by atoms with Crippen molar-refractivity contribution in [2.45, 2.75) is 0 Å². The van der Waals surface area contributed by atoms with Gasteiger partial charge in [0.1, 0.15) is 0 Å². The van der Waals surface area contributed by atoms with Gasteiger partial charge in [0, 0.05) is 0 Å². The van der Waals surface area contributed by atoms with Gasteiger partial charge in [-0.2, -0.15) is 0 Å². The van der Waals surface area contributed by atoms with Crippen LogP contribution in [0.5, 0.6) is 0 Å². The van der Waals surface area contributed by atoms with Crippen LogP contribution in [0.3, 0.4) is 0 Å². The van der Waals surface area contributed by atoms with Gasteiger partial charge in [-0.25, -0.2) is 0 Å². The van der Waals surface area contributed by atoms with Gasteiger partial charge in [-0.15, -0.1) is 12.4 Å². The molecule has 0 aromatic heterocycles. The summed E-state index contributed by atoms with van der Waals surface area (Å²) in [6.45, 7) is 0. The maximum absolute atomic E-state index is 0. The normalized spacial score (nSPS) is 0. The quantitative estimate of drug-likeness (QED) is 0.349. The number of hydrogen-bond acceptors (Lipinski definition) is 0. The predicted octanol–water partition coefficient (Wildman–Crippen LogP) is -4.84. The molecular weight excluding hydrogens is 196 g/mol. The Bertz CT molecular complexity index is 24.6. The first kappa shape index (κ1) is 261. The van der Waals surface area contributed by atoms with Gasteiger partial charge in [-0.3, -0.25) is 0 Å². The van der Waals surface area contributed by atoms with E-state index in [9.17, 15) is 0 Å². The van der Waals surface area contributed by atoms with Crippen molar-refractivity contribution in [2.24, 2.45) is 0 Å². The van der Waals surface area contributed by atoms with Crippen LogP contribution in [0.25, 0.3) is 0 Å². The van der Waals surface area contributed by atoms with Crippen LogP contribution in [-0.2, 0) is 0 Å². The molecule has 0 radical (unpaired) electrons. The number of halogens is 1. The summed E-state index contributed by atoms with van der Waals surface area (Å²) in [5, 5.41) is 0. The van der Waals surface area contributed by atoms with Gasteiger partial charge in [0.05, 0.1) is 0 Å². The van der Waals surface area contributed by atoms with Crippen LogP contribution in [-0.4, -0.2) is 93.6 Å². The third-order valence-corrected chi connectivity index (χ3v) is 0. The van der Waals surface area contributed by atoms with E-state index in [4.69, 9.17) is 0 Å². The van der Waals surface area contributed by atoms with Crippen molar-refractivity contribution in [3.8, 4) is 0 Å². The maximum atomic E-state index is 0. The summed E-state index contributed by atoms with van der Waals surface area (Å²) in [6, 6.07) is 0. The molecule has 9 heavy (non-hydrogen) atoms. The van der Waals surface area contributed by atoms with E-state index in [1.165, 1.54) is 0 Å². The average Bonchev–Trinajstić information content (AvgIpc) is 0. The van der Waals surface area contributed by atoms with Gasteiger partial charge in [-0.1, -0.05) is 0 Å². The number of rotatable bonds is 0. The molecule has 12 N–H and O–H groups in total. The fraction of sp³-hybridized carbons (Fsp3) is 0. The molecule has 6 nitrogen and oxygen atoms in total. The van der Waals surface area contributed by atoms with E-state index in [-0.39, 0.29) is 112 Å². The Balaban J connectivity index is 0. The van der Waals surface area contributed by atoms with Crippen molar-refractivity contribution in [1.82, 2.24) is 0 Å². The Hall–Kier alpha value is 2.08. The summed E-state index contributed by atoms with van der Waals surface area (Å²) >= 11 is 0. The van der Waals surface area contributed by atoms with E-state index in [2.05, 4.69) is 0 Å². The Kier molecular flexibility index (Phi) is 5580. The fourth-order valence-electron chi connectivity index (χ4n) is 0. The summed E-state index contributed by atoms with van der Waals surface area (Å²) in [6.07, 6.45) is 0. The van der Waals surface area contributed by atoms with Gasteiger partial charge < -0.3 is 38.6 Å². The molecule has 0 saturated carbocycles. The second-order valence-electron chi connectivity index (χ2n) is 0. The van der Waals surface area contributed by atoms with Gasteiger partial charge in [0.15, 0.2) is 0 Å². The summed E-state index contributed by atoms with van der Waals surface area (Å²) in [4.78, 5) is 0. The van der Waals surface area contributed by atoms with Crippen molar-refractivity contribution in [3.63, 3.8) is 0 Å². The summed E-state index contributed by atoms with van der Waals surface area (Å²) in [5.74, 6) is 0. The molecule has 0 amide bonds. The first-order valence-electron chi connectivity index (χ1n) is 0. The van der Waals surface area contributed by atoms with Crippen LogP contribution in [0.2, 0.25) is 0 Å². The molecule has 0 heterocycles. The summed E-state index contributed by atoms with van der Waals surface area (Å²) in [7, 11) is 0. The van der Waals surface area contributed by atoms with Crippen molar-refractivity contribution in [1.29, 1.82) is 0 Å². The third kappa shape index (κ3) is 152. The molecule has 64 valence electrons. The molecule has 0 fully saturated rings. The van der Waals surface area contributed by atoms with Gasteiger partial charge in [0.2, 0.25) is 0 Å². The van der Waals surface area contributed by atoms with Gasteiger partial charge >= 0.3 is 60.8 Å². The zero-order valence-electron chi connectivity index (χ0n) is 8.82. The topological polar surface area (TPSA) is 189 Å². The molecule has 0 unspecified atom stereocenters. The van der Waals surface area contributed by atoms with E-state index in [1.807, 2.05) is 0 Å².